The third-order valence-corrected chi connectivity index (χ3v) is 3.18. The Hall–Kier alpha value is -2.07. The summed E-state index contributed by atoms with van der Waals surface area (Å²) in [6.45, 7) is 1.82. The average Bonchev–Trinajstić information content (AvgIpc) is 2.37. The second-order valence-electron chi connectivity index (χ2n) is 4.45. The van der Waals surface area contributed by atoms with Crippen LogP contribution in [0.25, 0.3) is 0 Å². The summed E-state index contributed by atoms with van der Waals surface area (Å²) < 4.78 is 13.6. The number of carbonyl (C=O) groups is 1. The minimum absolute atomic E-state index is 0.0296. The highest BCUT2D eigenvalue weighted by Gasteiger charge is 2.13. The van der Waals surface area contributed by atoms with Gasteiger partial charge >= 0.3 is 0 Å². The van der Waals surface area contributed by atoms with Crippen LogP contribution in [-0.4, -0.2) is 11.0 Å². The fourth-order valence-corrected chi connectivity index (χ4v) is 2.03. The van der Waals surface area contributed by atoms with E-state index in [-0.39, 0.29) is 28.4 Å². The molecule has 2 N–H and O–H groups in total. The van der Waals surface area contributed by atoms with E-state index in [4.69, 9.17) is 11.6 Å². The standard InChI is InChI=1S/C15H13ClFNO2/c1-9-5-6-13(14(19)7-9)18-15(20)8-10-11(16)3-2-4-12(10)17/h2-7,19H,8H2,1H3,(H,18,20). The highest BCUT2D eigenvalue weighted by molar-refractivity contribution is 6.31. The topological polar surface area (TPSA) is 49.3 Å². The number of phenolic OH excluding ortho intramolecular Hbond substituents is 1. The Kier molecular flexibility index (Phi) is 4.25. The fourth-order valence-electron chi connectivity index (χ4n) is 1.80. The number of amides is 1. The lowest BCUT2D eigenvalue weighted by Crippen LogP contribution is -2.15. The summed E-state index contributed by atoms with van der Waals surface area (Å²) in [5.74, 6) is -1.00. The van der Waals surface area contributed by atoms with Gasteiger partial charge in [-0.05, 0) is 36.8 Å². The number of aryl methyl sites for hydroxylation is 1. The first-order valence-corrected chi connectivity index (χ1v) is 6.37. The predicted molar refractivity (Wildman–Crippen MR) is 76.6 cm³/mol. The zero-order chi connectivity index (χ0) is 14.7. The smallest absolute Gasteiger partial charge is 0.229 e. The highest BCUT2D eigenvalue weighted by atomic mass is 35.5. The average molecular weight is 294 g/mol. The molecule has 0 bridgehead atoms. The zero-order valence-electron chi connectivity index (χ0n) is 10.8. The molecule has 2 aromatic rings. The summed E-state index contributed by atoms with van der Waals surface area (Å²) in [5.41, 5.74) is 1.30. The summed E-state index contributed by atoms with van der Waals surface area (Å²) in [6.07, 6.45) is -0.196. The van der Waals surface area contributed by atoms with Crippen LogP contribution >= 0.6 is 11.6 Å². The van der Waals surface area contributed by atoms with Gasteiger partial charge in [0.15, 0.2) is 0 Å². The number of rotatable bonds is 3. The molecule has 20 heavy (non-hydrogen) atoms. The Morgan fingerprint density at radius 3 is 2.75 bits per heavy atom. The molecular formula is C15H13ClFNO2. The normalized spacial score (nSPS) is 10.3. The Morgan fingerprint density at radius 2 is 2.10 bits per heavy atom. The van der Waals surface area contributed by atoms with Crippen LogP contribution < -0.4 is 5.32 Å². The molecule has 3 nitrogen and oxygen atoms in total. The molecule has 0 saturated heterocycles. The lowest BCUT2D eigenvalue weighted by atomic mass is 10.1. The van der Waals surface area contributed by atoms with Gasteiger partial charge < -0.3 is 10.4 Å². The van der Waals surface area contributed by atoms with Gasteiger partial charge in [-0.15, -0.1) is 0 Å². The molecule has 0 aromatic heterocycles. The van der Waals surface area contributed by atoms with Gasteiger partial charge in [-0.2, -0.15) is 0 Å². The quantitative estimate of drug-likeness (QED) is 0.848. The molecule has 2 aromatic carbocycles. The van der Waals surface area contributed by atoms with Crippen molar-refractivity contribution in [2.45, 2.75) is 13.3 Å². The van der Waals surface area contributed by atoms with Crippen molar-refractivity contribution < 1.29 is 14.3 Å². The van der Waals surface area contributed by atoms with E-state index < -0.39 is 11.7 Å². The van der Waals surface area contributed by atoms with E-state index >= 15 is 0 Å². The first-order chi connectivity index (χ1) is 9.47. The van der Waals surface area contributed by atoms with Crippen molar-refractivity contribution in [3.63, 3.8) is 0 Å². The number of carbonyl (C=O) groups excluding carboxylic acids is 1. The number of hydrogen-bond donors (Lipinski definition) is 2. The number of hydrogen-bond acceptors (Lipinski definition) is 2. The third kappa shape index (κ3) is 3.27. The van der Waals surface area contributed by atoms with Crippen LogP contribution in [0.4, 0.5) is 10.1 Å². The van der Waals surface area contributed by atoms with Crippen LogP contribution in [0.1, 0.15) is 11.1 Å². The molecule has 5 heteroatoms. The highest BCUT2D eigenvalue weighted by Crippen LogP contribution is 2.25. The van der Waals surface area contributed by atoms with Crippen molar-refractivity contribution in [2.75, 3.05) is 5.32 Å². The summed E-state index contributed by atoms with van der Waals surface area (Å²) in [7, 11) is 0. The number of aromatic hydroxyl groups is 1. The van der Waals surface area contributed by atoms with E-state index in [1.807, 2.05) is 6.92 Å². The van der Waals surface area contributed by atoms with Gasteiger partial charge in [-0.25, -0.2) is 4.39 Å². The number of nitrogens with one attached hydrogen (secondary N) is 1. The van der Waals surface area contributed by atoms with Gasteiger partial charge in [0, 0.05) is 10.6 Å². The molecular weight excluding hydrogens is 281 g/mol. The number of benzene rings is 2. The molecule has 1 amide bonds. The predicted octanol–water partition coefficient (Wildman–Crippen LogP) is 3.67. The lowest BCUT2D eigenvalue weighted by molar-refractivity contribution is -0.115. The minimum atomic E-state index is -0.527. The second kappa shape index (κ2) is 5.92. The molecule has 0 atom stereocenters. The van der Waals surface area contributed by atoms with Gasteiger partial charge in [-0.3, -0.25) is 4.79 Å². The Labute approximate surface area is 121 Å². The van der Waals surface area contributed by atoms with Crippen molar-refractivity contribution in [3.05, 3.63) is 58.4 Å². The zero-order valence-corrected chi connectivity index (χ0v) is 11.5. The van der Waals surface area contributed by atoms with E-state index in [1.165, 1.54) is 24.3 Å². The summed E-state index contributed by atoms with van der Waals surface area (Å²) in [6, 6.07) is 9.13. The SMILES string of the molecule is Cc1ccc(NC(=O)Cc2c(F)cccc2Cl)c(O)c1. The van der Waals surface area contributed by atoms with Crippen LogP contribution in [0.2, 0.25) is 5.02 Å². The summed E-state index contributed by atoms with van der Waals surface area (Å²) in [4.78, 5) is 11.9. The molecule has 2 rings (SSSR count). The maximum atomic E-state index is 13.6. The molecule has 0 aliphatic rings. The van der Waals surface area contributed by atoms with E-state index in [2.05, 4.69) is 5.32 Å². The van der Waals surface area contributed by atoms with Crippen molar-refractivity contribution in [1.29, 1.82) is 0 Å². The van der Waals surface area contributed by atoms with Gasteiger partial charge in [0.25, 0.3) is 0 Å². The minimum Gasteiger partial charge on any atom is -0.506 e. The molecule has 0 radical (unpaired) electrons. The Morgan fingerprint density at radius 1 is 1.35 bits per heavy atom. The monoisotopic (exact) mass is 293 g/mol. The number of phenols is 1. The van der Waals surface area contributed by atoms with Gasteiger partial charge in [0.05, 0.1) is 12.1 Å². The summed E-state index contributed by atoms with van der Waals surface area (Å²) >= 11 is 5.86. The maximum absolute atomic E-state index is 13.6. The first kappa shape index (κ1) is 14.3. The second-order valence-corrected chi connectivity index (χ2v) is 4.85. The molecule has 0 saturated carbocycles. The number of anilines is 1. The van der Waals surface area contributed by atoms with Crippen molar-refractivity contribution >= 4 is 23.2 Å². The van der Waals surface area contributed by atoms with Crippen LogP contribution in [0, 0.1) is 12.7 Å². The lowest BCUT2D eigenvalue weighted by Gasteiger charge is -2.09. The molecule has 0 spiro atoms. The molecule has 0 fully saturated rings. The largest absolute Gasteiger partial charge is 0.506 e. The van der Waals surface area contributed by atoms with Crippen molar-refractivity contribution in [2.24, 2.45) is 0 Å². The van der Waals surface area contributed by atoms with Crippen LogP contribution in [-0.2, 0) is 11.2 Å². The molecule has 0 unspecified atom stereocenters. The first-order valence-electron chi connectivity index (χ1n) is 5.99. The van der Waals surface area contributed by atoms with Crippen LogP contribution in [0.15, 0.2) is 36.4 Å². The summed E-state index contributed by atoms with van der Waals surface area (Å²) in [5, 5.41) is 12.4. The molecule has 104 valence electrons. The van der Waals surface area contributed by atoms with Gasteiger partial charge in [-0.1, -0.05) is 23.7 Å². The third-order valence-electron chi connectivity index (χ3n) is 2.83. The molecule has 0 aliphatic heterocycles. The van der Waals surface area contributed by atoms with E-state index in [0.29, 0.717) is 0 Å². The van der Waals surface area contributed by atoms with Gasteiger partial charge in [0.2, 0.25) is 5.91 Å². The van der Waals surface area contributed by atoms with Crippen LogP contribution in [0.3, 0.4) is 0 Å². The molecule has 0 aliphatic carbocycles. The fraction of sp³-hybridized carbons (Fsp3) is 0.133. The Bertz CT molecular complexity index is 638. The van der Waals surface area contributed by atoms with E-state index in [9.17, 15) is 14.3 Å². The Balaban J connectivity index is 2.13. The van der Waals surface area contributed by atoms with E-state index in [1.54, 1.807) is 12.1 Å². The van der Waals surface area contributed by atoms with Crippen LogP contribution in [0.5, 0.6) is 5.75 Å². The van der Waals surface area contributed by atoms with Crippen molar-refractivity contribution in [1.82, 2.24) is 0 Å². The molecule has 0 heterocycles. The van der Waals surface area contributed by atoms with Crippen molar-refractivity contribution in [3.8, 4) is 5.75 Å². The number of halogens is 2. The maximum Gasteiger partial charge on any atom is 0.229 e. The van der Waals surface area contributed by atoms with Gasteiger partial charge in [0.1, 0.15) is 11.6 Å². The van der Waals surface area contributed by atoms with E-state index in [0.717, 1.165) is 5.56 Å².